The van der Waals surface area contributed by atoms with Crippen LogP contribution in [0.2, 0.25) is 0 Å². The summed E-state index contributed by atoms with van der Waals surface area (Å²) in [7, 11) is 4.31. The van der Waals surface area contributed by atoms with Gasteiger partial charge in [0.1, 0.15) is 0 Å². The van der Waals surface area contributed by atoms with Crippen LogP contribution in [0.25, 0.3) is 0 Å². The van der Waals surface area contributed by atoms with Crippen molar-refractivity contribution in [2.45, 2.75) is 40.3 Å². The van der Waals surface area contributed by atoms with Crippen molar-refractivity contribution in [3.8, 4) is 0 Å². The number of rotatable bonds is 6. The van der Waals surface area contributed by atoms with Crippen LogP contribution in [0.4, 0.5) is 0 Å². The molecule has 0 amide bonds. The van der Waals surface area contributed by atoms with E-state index >= 15 is 0 Å². The minimum Gasteiger partial charge on any atom is -0.311 e. The Bertz CT molecular complexity index is 361. The lowest BCUT2D eigenvalue weighted by molar-refractivity contribution is 0.224. The minimum atomic E-state index is 0.593. The Kier molecular flexibility index (Phi) is 5.83. The van der Waals surface area contributed by atoms with E-state index in [0.29, 0.717) is 12.0 Å². The summed E-state index contributed by atoms with van der Waals surface area (Å²) in [5.41, 5.74) is 4.12. The zero-order chi connectivity index (χ0) is 13.7. The van der Waals surface area contributed by atoms with Crippen molar-refractivity contribution in [1.29, 1.82) is 0 Å². The summed E-state index contributed by atoms with van der Waals surface area (Å²) in [5, 5.41) is 3.58. The Labute approximate surface area is 112 Å². The molecule has 0 saturated carbocycles. The number of benzene rings is 1. The molecular formula is C16H28N2. The van der Waals surface area contributed by atoms with Gasteiger partial charge >= 0.3 is 0 Å². The summed E-state index contributed by atoms with van der Waals surface area (Å²) < 4.78 is 0. The van der Waals surface area contributed by atoms with E-state index in [0.717, 1.165) is 13.1 Å². The summed E-state index contributed by atoms with van der Waals surface area (Å²) in [6, 6.07) is 7.27. The van der Waals surface area contributed by atoms with Gasteiger partial charge in [-0.2, -0.15) is 0 Å². The van der Waals surface area contributed by atoms with E-state index in [1.165, 1.54) is 16.7 Å². The number of aryl methyl sites for hydroxylation is 2. The Balaban J connectivity index is 2.50. The molecule has 0 spiro atoms. The van der Waals surface area contributed by atoms with Crippen molar-refractivity contribution in [1.82, 2.24) is 10.2 Å². The molecule has 0 aliphatic carbocycles. The average Bonchev–Trinajstić information content (AvgIpc) is 2.25. The molecule has 0 radical (unpaired) electrons. The fourth-order valence-electron chi connectivity index (χ4n) is 2.41. The van der Waals surface area contributed by atoms with Crippen LogP contribution in [0, 0.1) is 19.8 Å². The molecule has 1 aromatic carbocycles. The topological polar surface area (TPSA) is 15.3 Å². The summed E-state index contributed by atoms with van der Waals surface area (Å²) in [6.45, 7) is 10.9. The Morgan fingerprint density at radius 2 is 1.83 bits per heavy atom. The molecule has 102 valence electrons. The predicted molar refractivity (Wildman–Crippen MR) is 79.9 cm³/mol. The first kappa shape index (κ1) is 15.2. The first-order valence-corrected chi connectivity index (χ1v) is 6.85. The van der Waals surface area contributed by atoms with Crippen molar-refractivity contribution >= 4 is 0 Å². The van der Waals surface area contributed by atoms with Crippen molar-refractivity contribution in [2.24, 2.45) is 5.92 Å². The molecule has 0 heterocycles. The van der Waals surface area contributed by atoms with Crippen LogP contribution in [0.1, 0.15) is 30.5 Å². The maximum atomic E-state index is 3.58. The summed E-state index contributed by atoms with van der Waals surface area (Å²) in [5.74, 6) is 0.673. The molecule has 1 atom stereocenters. The highest BCUT2D eigenvalue weighted by atomic mass is 15.1. The third kappa shape index (κ3) is 4.43. The lowest BCUT2D eigenvalue weighted by Gasteiger charge is -2.28. The molecule has 1 aromatic rings. The van der Waals surface area contributed by atoms with E-state index < -0.39 is 0 Å². The number of likely N-dealkylation sites (N-methyl/N-ethyl adjacent to an activating group) is 1. The second-order valence-electron chi connectivity index (χ2n) is 5.84. The minimum absolute atomic E-state index is 0.593. The zero-order valence-corrected chi connectivity index (χ0v) is 12.7. The molecule has 0 aromatic heterocycles. The van der Waals surface area contributed by atoms with E-state index in [2.05, 4.69) is 70.2 Å². The summed E-state index contributed by atoms with van der Waals surface area (Å²) in [4.78, 5) is 2.31. The molecule has 2 heteroatoms. The summed E-state index contributed by atoms with van der Waals surface area (Å²) >= 11 is 0. The van der Waals surface area contributed by atoms with Crippen LogP contribution in [0.3, 0.4) is 0 Å². The van der Waals surface area contributed by atoms with Crippen LogP contribution in [-0.4, -0.2) is 31.6 Å². The van der Waals surface area contributed by atoms with Gasteiger partial charge < -0.3 is 10.2 Å². The standard InChI is InChI=1S/C16H28N2/c1-12(2)16(18(5)6)11-17-10-15-8-7-13(3)9-14(15)4/h7-9,12,16-17H,10-11H2,1-6H3. The van der Waals surface area contributed by atoms with Crippen LogP contribution in [0.5, 0.6) is 0 Å². The summed E-state index contributed by atoms with van der Waals surface area (Å²) in [6.07, 6.45) is 0. The highest BCUT2D eigenvalue weighted by molar-refractivity contribution is 5.30. The van der Waals surface area contributed by atoms with Crippen LogP contribution >= 0.6 is 0 Å². The van der Waals surface area contributed by atoms with Crippen LogP contribution in [-0.2, 0) is 6.54 Å². The molecule has 2 nitrogen and oxygen atoms in total. The molecule has 0 bridgehead atoms. The molecule has 0 aliphatic rings. The van der Waals surface area contributed by atoms with Crippen molar-refractivity contribution in [3.63, 3.8) is 0 Å². The lowest BCUT2D eigenvalue weighted by Crippen LogP contribution is -2.41. The first-order valence-electron chi connectivity index (χ1n) is 6.85. The van der Waals surface area contributed by atoms with Gasteiger partial charge in [-0.25, -0.2) is 0 Å². The third-order valence-electron chi connectivity index (χ3n) is 3.60. The van der Waals surface area contributed by atoms with Gasteiger partial charge in [-0.1, -0.05) is 37.6 Å². The molecule has 0 saturated heterocycles. The highest BCUT2D eigenvalue weighted by Crippen LogP contribution is 2.11. The molecule has 0 aliphatic heterocycles. The number of hydrogen-bond acceptors (Lipinski definition) is 2. The van der Waals surface area contributed by atoms with Crippen molar-refractivity contribution in [2.75, 3.05) is 20.6 Å². The average molecular weight is 248 g/mol. The Hall–Kier alpha value is -0.860. The van der Waals surface area contributed by atoms with Gasteiger partial charge in [0.2, 0.25) is 0 Å². The molecule has 1 unspecified atom stereocenters. The number of nitrogens with one attached hydrogen (secondary N) is 1. The van der Waals surface area contributed by atoms with Gasteiger partial charge in [0, 0.05) is 19.1 Å². The molecule has 0 fully saturated rings. The van der Waals surface area contributed by atoms with Gasteiger partial charge in [-0.15, -0.1) is 0 Å². The van der Waals surface area contributed by atoms with Crippen LogP contribution in [0.15, 0.2) is 18.2 Å². The second-order valence-corrected chi connectivity index (χ2v) is 5.84. The monoisotopic (exact) mass is 248 g/mol. The Morgan fingerprint density at radius 3 is 2.33 bits per heavy atom. The third-order valence-corrected chi connectivity index (χ3v) is 3.60. The van der Waals surface area contributed by atoms with Gasteiger partial charge in [-0.05, 0) is 45.0 Å². The molecular weight excluding hydrogens is 220 g/mol. The van der Waals surface area contributed by atoms with Gasteiger partial charge in [-0.3, -0.25) is 0 Å². The number of hydrogen-bond donors (Lipinski definition) is 1. The van der Waals surface area contributed by atoms with Crippen molar-refractivity contribution < 1.29 is 0 Å². The van der Waals surface area contributed by atoms with Gasteiger partial charge in [0.15, 0.2) is 0 Å². The van der Waals surface area contributed by atoms with E-state index in [1.54, 1.807) is 0 Å². The fraction of sp³-hybridized carbons (Fsp3) is 0.625. The predicted octanol–water partition coefficient (Wildman–Crippen LogP) is 2.98. The van der Waals surface area contributed by atoms with Crippen molar-refractivity contribution in [3.05, 3.63) is 34.9 Å². The second kappa shape index (κ2) is 6.91. The van der Waals surface area contributed by atoms with E-state index in [9.17, 15) is 0 Å². The largest absolute Gasteiger partial charge is 0.311 e. The first-order chi connectivity index (χ1) is 8.41. The maximum Gasteiger partial charge on any atom is 0.0237 e. The van der Waals surface area contributed by atoms with E-state index in [1.807, 2.05) is 0 Å². The van der Waals surface area contributed by atoms with Gasteiger partial charge in [0.05, 0.1) is 0 Å². The fourth-order valence-corrected chi connectivity index (χ4v) is 2.41. The zero-order valence-electron chi connectivity index (χ0n) is 12.7. The normalized spacial score (nSPS) is 13.3. The maximum absolute atomic E-state index is 3.58. The highest BCUT2D eigenvalue weighted by Gasteiger charge is 2.14. The quantitative estimate of drug-likeness (QED) is 0.832. The van der Waals surface area contributed by atoms with Crippen LogP contribution < -0.4 is 5.32 Å². The lowest BCUT2D eigenvalue weighted by atomic mass is 10.0. The SMILES string of the molecule is Cc1ccc(CNCC(C(C)C)N(C)C)c(C)c1. The molecule has 18 heavy (non-hydrogen) atoms. The molecule has 1 rings (SSSR count). The Morgan fingerprint density at radius 1 is 1.17 bits per heavy atom. The van der Waals surface area contributed by atoms with E-state index in [4.69, 9.17) is 0 Å². The molecule has 1 N–H and O–H groups in total. The number of nitrogens with zero attached hydrogens (tertiary/aromatic N) is 1. The smallest absolute Gasteiger partial charge is 0.0237 e. The van der Waals surface area contributed by atoms with Gasteiger partial charge in [0.25, 0.3) is 0 Å². The van der Waals surface area contributed by atoms with E-state index in [-0.39, 0.29) is 0 Å².